The number of carbonyl (C=O) groups is 3. The number of ether oxygens (including phenoxy) is 2. The van der Waals surface area contributed by atoms with Crippen LogP contribution in [0, 0.1) is 5.92 Å². The third kappa shape index (κ3) is 8.90. The minimum absolute atomic E-state index is 0.0536. The Morgan fingerprint density at radius 2 is 1.79 bits per heavy atom. The highest BCUT2D eigenvalue weighted by Gasteiger charge is 2.28. The molecule has 6 N–H and O–H groups in total. The number of carboxylic acids is 1. The van der Waals surface area contributed by atoms with Crippen molar-refractivity contribution in [3.8, 4) is 22.8 Å². The third-order valence-corrected chi connectivity index (χ3v) is 8.98. The molecule has 0 unspecified atom stereocenters. The molecule has 15 heteroatoms. The zero-order valence-corrected chi connectivity index (χ0v) is 28.8. The molecule has 3 aromatic rings. The van der Waals surface area contributed by atoms with Gasteiger partial charge < -0.3 is 36.3 Å². The maximum Gasteiger partial charge on any atom is 0.339 e. The van der Waals surface area contributed by atoms with E-state index in [4.69, 9.17) is 49.2 Å². The number of benzene rings is 2. The highest BCUT2D eigenvalue weighted by atomic mass is 35.5. The number of hydrogen-bond donors (Lipinski definition) is 4. The number of nitrogens with two attached hydrogens (primary N) is 2. The Bertz CT molecular complexity index is 1680. The van der Waals surface area contributed by atoms with Gasteiger partial charge in [-0.15, -0.1) is 0 Å². The van der Waals surface area contributed by atoms with Crippen LogP contribution in [0.4, 0.5) is 0 Å². The molecule has 0 bridgehead atoms. The summed E-state index contributed by atoms with van der Waals surface area (Å²) in [6.45, 7) is 4.99. The van der Waals surface area contributed by atoms with E-state index in [0.717, 1.165) is 18.5 Å². The van der Waals surface area contributed by atoms with Gasteiger partial charge in [0.05, 0.1) is 24.4 Å². The highest BCUT2D eigenvalue weighted by Crippen LogP contribution is 2.40. The maximum atomic E-state index is 12.9. The summed E-state index contributed by atoms with van der Waals surface area (Å²) >= 11 is 13.3. The summed E-state index contributed by atoms with van der Waals surface area (Å²) < 4.78 is 12.9. The number of hydrogen-bond acceptors (Lipinski definition) is 7. The van der Waals surface area contributed by atoms with E-state index in [-0.39, 0.29) is 64.1 Å². The standard InChI is InChI=1S/C33H41Cl2N7O6/c1-18(2)13-24(39-33(36)37)31(44)38-16-28(43)42-11-9-20(10-12-42)25-15-23(40-41(25)3)21-7-8-26(30(35)29(21)34)48-17-19-5-6-22(32(45)46)27(14-19)47-4/h5-8,14-15,18,20,24H,9-13,16-17H2,1-4H3,(H,38,44)(H,45,46)(H4,36,37,39)/t24-/m1/s1. The summed E-state index contributed by atoms with van der Waals surface area (Å²) in [7, 11) is 3.27. The van der Waals surface area contributed by atoms with E-state index in [0.29, 0.717) is 42.1 Å². The van der Waals surface area contributed by atoms with Crippen LogP contribution in [-0.4, -0.2) is 76.3 Å². The van der Waals surface area contributed by atoms with Gasteiger partial charge in [0.1, 0.15) is 34.7 Å². The number of halogens is 2. The Morgan fingerprint density at radius 3 is 2.42 bits per heavy atom. The summed E-state index contributed by atoms with van der Waals surface area (Å²) in [5.74, 6) is -0.851. The molecule has 4 rings (SSSR count). The number of piperidine rings is 1. The average Bonchev–Trinajstić information content (AvgIpc) is 3.44. The van der Waals surface area contributed by atoms with Crippen molar-refractivity contribution in [3.05, 3.63) is 63.3 Å². The van der Waals surface area contributed by atoms with Crippen LogP contribution in [0.15, 0.2) is 41.4 Å². The molecule has 1 saturated heterocycles. The van der Waals surface area contributed by atoms with Gasteiger partial charge in [-0.2, -0.15) is 5.10 Å². The fourth-order valence-corrected chi connectivity index (χ4v) is 6.13. The van der Waals surface area contributed by atoms with Gasteiger partial charge in [-0.05, 0) is 61.1 Å². The van der Waals surface area contributed by atoms with Gasteiger partial charge in [-0.3, -0.25) is 14.3 Å². The minimum atomic E-state index is -1.09. The molecule has 2 heterocycles. The fraction of sp³-hybridized carbons (Fsp3) is 0.424. The Balaban J connectivity index is 1.36. The van der Waals surface area contributed by atoms with Crippen molar-refractivity contribution in [2.45, 2.75) is 51.7 Å². The predicted octanol–water partition coefficient (Wildman–Crippen LogP) is 4.19. The second-order valence-electron chi connectivity index (χ2n) is 12.0. The molecular weight excluding hydrogens is 661 g/mol. The smallest absolute Gasteiger partial charge is 0.339 e. The largest absolute Gasteiger partial charge is 0.496 e. The average molecular weight is 703 g/mol. The zero-order chi connectivity index (χ0) is 35.1. The lowest BCUT2D eigenvalue weighted by molar-refractivity contribution is -0.134. The molecule has 48 heavy (non-hydrogen) atoms. The van der Waals surface area contributed by atoms with Crippen LogP contribution in [0.25, 0.3) is 11.3 Å². The molecule has 1 aliphatic rings. The van der Waals surface area contributed by atoms with Crippen molar-refractivity contribution < 1.29 is 29.0 Å². The van der Waals surface area contributed by atoms with Gasteiger partial charge in [-0.1, -0.05) is 43.1 Å². The third-order valence-electron chi connectivity index (χ3n) is 8.11. The number of aryl methyl sites for hydroxylation is 1. The van der Waals surface area contributed by atoms with E-state index in [2.05, 4.69) is 10.3 Å². The van der Waals surface area contributed by atoms with Gasteiger partial charge in [-0.25, -0.2) is 9.79 Å². The summed E-state index contributed by atoms with van der Waals surface area (Å²) in [6, 6.07) is 9.44. The van der Waals surface area contributed by atoms with Gasteiger partial charge in [0.2, 0.25) is 11.8 Å². The second-order valence-corrected chi connectivity index (χ2v) is 12.8. The number of nitrogens with zero attached hydrogens (tertiary/aromatic N) is 4. The number of nitrogens with one attached hydrogen (secondary N) is 1. The molecule has 13 nitrogen and oxygen atoms in total. The lowest BCUT2D eigenvalue weighted by Gasteiger charge is -2.32. The predicted molar refractivity (Wildman–Crippen MR) is 184 cm³/mol. The summed E-state index contributed by atoms with van der Waals surface area (Å²) in [5.41, 5.74) is 14.0. The first kappa shape index (κ1) is 36.3. The number of methoxy groups -OCH3 is 1. The lowest BCUT2D eigenvalue weighted by Crippen LogP contribution is -2.46. The molecule has 0 aliphatic carbocycles. The van der Waals surface area contributed by atoms with Crippen molar-refractivity contribution in [1.82, 2.24) is 20.0 Å². The number of aromatic carboxylic acids is 1. The molecule has 1 atom stereocenters. The van der Waals surface area contributed by atoms with Gasteiger partial charge >= 0.3 is 5.97 Å². The molecule has 1 aliphatic heterocycles. The second kappa shape index (κ2) is 16.1. The molecule has 0 radical (unpaired) electrons. The number of aromatic nitrogens is 2. The molecular formula is C33H41Cl2N7O6. The Morgan fingerprint density at radius 1 is 1.08 bits per heavy atom. The summed E-state index contributed by atoms with van der Waals surface area (Å²) in [4.78, 5) is 42.7. The van der Waals surface area contributed by atoms with E-state index in [1.807, 2.05) is 31.6 Å². The van der Waals surface area contributed by atoms with Gasteiger partial charge in [0.15, 0.2) is 5.96 Å². The molecule has 258 valence electrons. The molecule has 0 saturated carbocycles. The first-order valence-corrected chi connectivity index (χ1v) is 16.2. The van der Waals surface area contributed by atoms with Crippen molar-refractivity contribution in [3.63, 3.8) is 0 Å². The van der Waals surface area contributed by atoms with E-state index in [1.54, 1.807) is 29.2 Å². The maximum absolute atomic E-state index is 12.9. The van der Waals surface area contributed by atoms with Crippen molar-refractivity contribution in [2.24, 2.45) is 29.4 Å². The Kier molecular flexibility index (Phi) is 12.2. The number of amides is 2. The van der Waals surface area contributed by atoms with Gasteiger partial charge in [0.25, 0.3) is 0 Å². The number of carboxylic acid groups (broad SMARTS) is 1. The van der Waals surface area contributed by atoms with Crippen molar-refractivity contribution in [1.29, 1.82) is 0 Å². The van der Waals surface area contributed by atoms with E-state index in [9.17, 15) is 19.5 Å². The quantitative estimate of drug-likeness (QED) is 0.150. The fourth-order valence-electron chi connectivity index (χ4n) is 5.66. The SMILES string of the molecule is COc1cc(COc2ccc(-c3cc(C4CCN(C(=O)CNC(=O)[C@@H](CC(C)C)N=C(N)N)CC4)n(C)n3)c(Cl)c2Cl)ccc1C(=O)O. The van der Waals surface area contributed by atoms with Crippen LogP contribution < -0.4 is 26.3 Å². The van der Waals surface area contributed by atoms with Crippen LogP contribution in [-0.2, 0) is 23.2 Å². The van der Waals surface area contributed by atoms with Crippen LogP contribution in [0.3, 0.4) is 0 Å². The van der Waals surface area contributed by atoms with Crippen molar-refractivity contribution in [2.75, 3.05) is 26.7 Å². The zero-order valence-electron chi connectivity index (χ0n) is 27.3. The summed E-state index contributed by atoms with van der Waals surface area (Å²) in [5, 5.41) is 17.2. The minimum Gasteiger partial charge on any atom is -0.496 e. The number of guanidine groups is 1. The topological polar surface area (TPSA) is 187 Å². The number of aliphatic imine (C=N–C) groups is 1. The first-order chi connectivity index (χ1) is 22.8. The molecule has 2 aromatic carbocycles. The number of carbonyl (C=O) groups excluding carboxylic acids is 2. The lowest BCUT2D eigenvalue weighted by atomic mass is 9.92. The monoisotopic (exact) mass is 701 g/mol. The van der Waals surface area contributed by atoms with Crippen molar-refractivity contribution >= 4 is 46.9 Å². The Hall–Kier alpha value is -4.49. The molecule has 0 spiro atoms. The summed E-state index contributed by atoms with van der Waals surface area (Å²) in [6.07, 6.45) is 1.91. The molecule has 1 fully saturated rings. The number of likely N-dealkylation sites (tertiary alicyclic amines) is 1. The van der Waals surface area contributed by atoms with Crippen LogP contribution in [0.5, 0.6) is 11.5 Å². The van der Waals surface area contributed by atoms with Gasteiger partial charge in [0, 0.05) is 37.3 Å². The first-order valence-electron chi connectivity index (χ1n) is 15.5. The normalized spacial score (nSPS) is 14.0. The van der Waals surface area contributed by atoms with E-state index >= 15 is 0 Å². The Labute approximate surface area is 289 Å². The van der Waals surface area contributed by atoms with Crippen LogP contribution >= 0.6 is 23.2 Å². The molecule has 2 amide bonds. The van der Waals surface area contributed by atoms with Crippen LogP contribution in [0.1, 0.15) is 60.6 Å². The van der Waals surface area contributed by atoms with E-state index in [1.165, 1.54) is 13.2 Å². The highest BCUT2D eigenvalue weighted by molar-refractivity contribution is 6.44. The van der Waals surface area contributed by atoms with Crippen LogP contribution in [0.2, 0.25) is 10.0 Å². The van der Waals surface area contributed by atoms with E-state index < -0.39 is 12.0 Å². The molecule has 1 aromatic heterocycles. The number of rotatable bonds is 13.